The van der Waals surface area contributed by atoms with Crippen LogP contribution in [-0.4, -0.2) is 32.4 Å². The second-order valence-corrected chi connectivity index (χ2v) is 6.31. The average molecular weight is 435 g/mol. The zero-order valence-electron chi connectivity index (χ0n) is 16.3. The number of nitro benzene ring substituents is 1. The highest BCUT2D eigenvalue weighted by Gasteiger charge is 2.31. The Labute approximate surface area is 173 Å². The molecule has 31 heavy (non-hydrogen) atoms. The van der Waals surface area contributed by atoms with Gasteiger partial charge in [-0.1, -0.05) is 11.3 Å². The fourth-order valence-corrected chi connectivity index (χ4v) is 2.79. The first-order chi connectivity index (χ1) is 14.6. The molecule has 1 heterocycles. The normalized spacial score (nSPS) is 11.3. The molecular formula is C19H16F3N5O4. The molecular weight excluding hydrogens is 419 g/mol. The van der Waals surface area contributed by atoms with Crippen molar-refractivity contribution >= 4 is 17.3 Å². The van der Waals surface area contributed by atoms with Crippen molar-refractivity contribution in [2.45, 2.75) is 20.0 Å². The van der Waals surface area contributed by atoms with Crippen molar-refractivity contribution < 1.29 is 27.6 Å². The molecule has 9 nitrogen and oxygen atoms in total. The van der Waals surface area contributed by atoms with Crippen molar-refractivity contribution in [1.82, 2.24) is 15.0 Å². The van der Waals surface area contributed by atoms with Crippen LogP contribution in [0.4, 0.5) is 24.5 Å². The standard InChI is InChI=1S/C19H16F3N5O4/c1-3-31-16-8-7-12(19(20,21)22)9-15(16)23-18(28)17-11(2)26(25-24-17)13-5-4-6-14(10-13)27(29)30/h4-10H,3H2,1-2H3,(H,23,28). The maximum Gasteiger partial charge on any atom is 0.416 e. The van der Waals surface area contributed by atoms with Crippen molar-refractivity contribution in [1.29, 1.82) is 0 Å². The summed E-state index contributed by atoms with van der Waals surface area (Å²) < 4.78 is 45.7. The predicted molar refractivity (Wildman–Crippen MR) is 103 cm³/mol. The number of benzene rings is 2. The van der Waals surface area contributed by atoms with Crippen LogP contribution in [0.15, 0.2) is 42.5 Å². The first kappa shape index (κ1) is 21.7. The number of aromatic nitrogens is 3. The molecule has 0 aliphatic carbocycles. The smallest absolute Gasteiger partial charge is 0.416 e. The number of carbonyl (C=O) groups excluding carboxylic acids is 1. The van der Waals surface area contributed by atoms with E-state index in [0.717, 1.165) is 18.2 Å². The third kappa shape index (κ3) is 4.63. The molecule has 0 saturated carbocycles. The Morgan fingerprint density at radius 2 is 2.00 bits per heavy atom. The molecule has 1 N–H and O–H groups in total. The van der Waals surface area contributed by atoms with Crippen LogP contribution in [0.1, 0.15) is 28.7 Å². The molecule has 3 rings (SSSR count). The van der Waals surface area contributed by atoms with Crippen molar-refractivity contribution in [2.75, 3.05) is 11.9 Å². The van der Waals surface area contributed by atoms with Gasteiger partial charge in [-0.15, -0.1) is 5.10 Å². The van der Waals surface area contributed by atoms with E-state index in [-0.39, 0.29) is 35.1 Å². The molecule has 0 atom stereocenters. The highest BCUT2D eigenvalue weighted by molar-refractivity contribution is 6.04. The van der Waals surface area contributed by atoms with Crippen LogP contribution in [-0.2, 0) is 6.18 Å². The van der Waals surface area contributed by atoms with Crippen LogP contribution < -0.4 is 10.1 Å². The number of amides is 1. The second-order valence-electron chi connectivity index (χ2n) is 6.31. The van der Waals surface area contributed by atoms with Crippen LogP contribution >= 0.6 is 0 Å². The van der Waals surface area contributed by atoms with E-state index in [1.165, 1.54) is 35.9 Å². The monoisotopic (exact) mass is 435 g/mol. The average Bonchev–Trinajstić information content (AvgIpc) is 3.10. The number of rotatable bonds is 6. The summed E-state index contributed by atoms with van der Waals surface area (Å²) in [5.41, 5.74) is -0.931. The van der Waals surface area contributed by atoms with Gasteiger partial charge >= 0.3 is 6.18 Å². The molecule has 0 bridgehead atoms. The number of halogens is 3. The van der Waals surface area contributed by atoms with Gasteiger partial charge in [-0.3, -0.25) is 14.9 Å². The van der Waals surface area contributed by atoms with Gasteiger partial charge in [0.1, 0.15) is 5.75 Å². The van der Waals surface area contributed by atoms with Gasteiger partial charge in [-0.05, 0) is 38.1 Å². The summed E-state index contributed by atoms with van der Waals surface area (Å²) >= 11 is 0. The van der Waals surface area contributed by atoms with E-state index >= 15 is 0 Å². The maximum atomic E-state index is 13.1. The lowest BCUT2D eigenvalue weighted by atomic mass is 10.1. The van der Waals surface area contributed by atoms with Gasteiger partial charge in [0.2, 0.25) is 0 Å². The molecule has 0 saturated heterocycles. The molecule has 0 spiro atoms. The summed E-state index contributed by atoms with van der Waals surface area (Å²) in [6.07, 6.45) is -4.61. The van der Waals surface area contributed by atoms with E-state index < -0.39 is 22.6 Å². The fraction of sp³-hybridized carbons (Fsp3) is 0.211. The Balaban J connectivity index is 1.93. The zero-order valence-corrected chi connectivity index (χ0v) is 16.3. The summed E-state index contributed by atoms with van der Waals surface area (Å²) in [6, 6.07) is 8.28. The van der Waals surface area contributed by atoms with Gasteiger partial charge in [0.15, 0.2) is 5.69 Å². The molecule has 0 unspecified atom stereocenters. The highest BCUT2D eigenvalue weighted by Crippen LogP contribution is 2.35. The molecule has 1 amide bonds. The van der Waals surface area contributed by atoms with Gasteiger partial charge in [0.05, 0.1) is 34.2 Å². The Morgan fingerprint density at radius 1 is 1.26 bits per heavy atom. The molecule has 0 fully saturated rings. The second kappa shape index (κ2) is 8.42. The summed E-state index contributed by atoms with van der Waals surface area (Å²) in [7, 11) is 0. The maximum absolute atomic E-state index is 13.1. The Hall–Kier alpha value is -3.96. The van der Waals surface area contributed by atoms with Gasteiger partial charge in [-0.2, -0.15) is 13.2 Å². The highest BCUT2D eigenvalue weighted by atomic mass is 19.4. The van der Waals surface area contributed by atoms with E-state index in [1.807, 2.05) is 0 Å². The lowest BCUT2D eigenvalue weighted by molar-refractivity contribution is -0.384. The minimum absolute atomic E-state index is 0.0626. The molecule has 12 heteroatoms. The minimum Gasteiger partial charge on any atom is -0.492 e. The topological polar surface area (TPSA) is 112 Å². The van der Waals surface area contributed by atoms with E-state index in [2.05, 4.69) is 15.6 Å². The first-order valence-electron chi connectivity index (χ1n) is 8.94. The summed E-state index contributed by atoms with van der Waals surface area (Å²) in [6.45, 7) is 3.33. The van der Waals surface area contributed by atoms with Crippen LogP contribution in [0, 0.1) is 17.0 Å². The Kier molecular flexibility index (Phi) is 5.90. The van der Waals surface area contributed by atoms with Gasteiger partial charge in [0, 0.05) is 12.1 Å². The third-order valence-electron chi connectivity index (χ3n) is 4.25. The van der Waals surface area contributed by atoms with Crippen LogP contribution in [0.25, 0.3) is 5.69 Å². The zero-order chi connectivity index (χ0) is 22.8. The summed E-state index contributed by atoms with van der Waals surface area (Å²) in [5, 5.41) is 21.0. The van der Waals surface area contributed by atoms with Gasteiger partial charge in [0.25, 0.3) is 11.6 Å². The Morgan fingerprint density at radius 3 is 2.65 bits per heavy atom. The van der Waals surface area contributed by atoms with Crippen molar-refractivity contribution in [3.05, 3.63) is 69.5 Å². The number of alkyl halides is 3. The number of hydrogen-bond acceptors (Lipinski definition) is 6. The molecule has 0 aliphatic heterocycles. The van der Waals surface area contributed by atoms with Crippen molar-refractivity contribution in [2.24, 2.45) is 0 Å². The van der Waals surface area contributed by atoms with E-state index in [4.69, 9.17) is 4.74 Å². The molecule has 162 valence electrons. The van der Waals surface area contributed by atoms with Crippen molar-refractivity contribution in [3.8, 4) is 11.4 Å². The fourth-order valence-electron chi connectivity index (χ4n) is 2.79. The number of anilines is 1. The van der Waals surface area contributed by atoms with Gasteiger partial charge < -0.3 is 10.1 Å². The number of hydrogen-bond donors (Lipinski definition) is 1. The molecule has 0 aliphatic rings. The number of nitrogens with one attached hydrogen (secondary N) is 1. The molecule has 0 radical (unpaired) electrons. The largest absolute Gasteiger partial charge is 0.492 e. The summed E-state index contributed by atoms with van der Waals surface area (Å²) in [4.78, 5) is 23.1. The Bertz CT molecular complexity index is 1140. The van der Waals surface area contributed by atoms with E-state index in [1.54, 1.807) is 6.92 Å². The summed E-state index contributed by atoms with van der Waals surface area (Å²) in [5.74, 6) is -0.748. The first-order valence-corrected chi connectivity index (χ1v) is 8.94. The van der Waals surface area contributed by atoms with Crippen LogP contribution in [0.2, 0.25) is 0 Å². The van der Waals surface area contributed by atoms with Crippen molar-refractivity contribution in [3.63, 3.8) is 0 Å². The molecule has 2 aromatic carbocycles. The van der Waals surface area contributed by atoms with E-state index in [0.29, 0.717) is 5.69 Å². The number of nitro groups is 1. The third-order valence-corrected chi connectivity index (χ3v) is 4.25. The number of nitrogens with zero attached hydrogens (tertiary/aromatic N) is 4. The SMILES string of the molecule is CCOc1ccc(C(F)(F)F)cc1NC(=O)c1nnn(-c2cccc([N+](=O)[O-])c2)c1C. The minimum atomic E-state index is -4.61. The quantitative estimate of drug-likeness (QED) is 0.460. The predicted octanol–water partition coefficient (Wildman–Crippen LogP) is 4.15. The van der Waals surface area contributed by atoms with Crippen LogP contribution in [0.3, 0.4) is 0 Å². The lowest BCUT2D eigenvalue weighted by Gasteiger charge is -2.14. The molecule has 3 aromatic rings. The van der Waals surface area contributed by atoms with Gasteiger partial charge in [-0.25, -0.2) is 4.68 Å². The number of ether oxygens (including phenoxy) is 1. The number of carbonyl (C=O) groups is 1. The molecule has 1 aromatic heterocycles. The number of non-ortho nitro benzene ring substituents is 1. The van der Waals surface area contributed by atoms with E-state index in [9.17, 15) is 28.1 Å². The van der Waals surface area contributed by atoms with Crippen LogP contribution in [0.5, 0.6) is 5.75 Å². The lowest BCUT2D eigenvalue weighted by Crippen LogP contribution is -2.16.